The summed E-state index contributed by atoms with van der Waals surface area (Å²) in [6.45, 7) is 3.02. The van der Waals surface area contributed by atoms with Crippen LogP contribution in [0.15, 0.2) is 17.5 Å². The van der Waals surface area contributed by atoms with E-state index in [1.54, 1.807) is 0 Å². The lowest BCUT2D eigenvalue weighted by atomic mass is 10.2. The summed E-state index contributed by atoms with van der Waals surface area (Å²) in [5.74, 6) is 0. The lowest BCUT2D eigenvalue weighted by Crippen LogP contribution is -2.40. The van der Waals surface area contributed by atoms with Crippen molar-refractivity contribution in [3.8, 4) is 0 Å². The fraction of sp³-hybridized carbons (Fsp3) is 0.600. The van der Waals surface area contributed by atoms with Gasteiger partial charge in [0.1, 0.15) is 0 Å². The van der Waals surface area contributed by atoms with E-state index in [-0.39, 0.29) is 0 Å². The topological polar surface area (TPSA) is 12.5 Å². The fourth-order valence-electron chi connectivity index (χ4n) is 1.64. The zero-order valence-electron chi connectivity index (χ0n) is 7.90. The average molecular weight is 197 g/mol. The number of nitrogens with zero attached hydrogens (tertiary/aromatic N) is 1. The van der Waals surface area contributed by atoms with Crippen LogP contribution in [-0.4, -0.2) is 37.7 Å². The van der Waals surface area contributed by atoms with Gasteiger partial charge in [-0.1, -0.05) is 6.07 Å². The first-order chi connectivity index (χ1) is 6.34. The number of likely N-dealkylation sites (N-methyl/N-ethyl adjacent to an activating group) is 1. The molecule has 2 nitrogen and oxygen atoms in total. The molecule has 0 amide bonds. The van der Waals surface area contributed by atoms with Gasteiger partial charge in [-0.2, -0.15) is 0 Å². The van der Waals surface area contributed by atoms with E-state index < -0.39 is 0 Å². The highest BCUT2D eigenvalue weighted by molar-refractivity contribution is 7.09. The Morgan fingerprint density at radius 3 is 3.31 bits per heavy atom. The van der Waals surface area contributed by atoms with Crippen LogP contribution in [0, 0.1) is 0 Å². The monoisotopic (exact) mass is 197 g/mol. The third-order valence-corrected chi connectivity index (χ3v) is 3.25. The summed E-state index contributed by atoms with van der Waals surface area (Å²) in [5.41, 5.74) is 0. The summed E-state index contributed by atoms with van der Waals surface area (Å²) in [4.78, 5) is 3.77. The van der Waals surface area contributed by atoms with Crippen LogP contribution in [0.2, 0.25) is 0 Å². The van der Waals surface area contributed by atoms with E-state index in [1.807, 2.05) is 11.3 Å². The van der Waals surface area contributed by atoms with Crippen molar-refractivity contribution in [2.24, 2.45) is 0 Å². The molecule has 0 N–H and O–H groups in total. The van der Waals surface area contributed by atoms with Gasteiger partial charge in [0.15, 0.2) is 0 Å². The van der Waals surface area contributed by atoms with Crippen LogP contribution in [0.25, 0.3) is 0 Å². The van der Waals surface area contributed by atoms with Crippen LogP contribution >= 0.6 is 11.3 Å². The summed E-state index contributed by atoms with van der Waals surface area (Å²) in [7, 11) is 2.16. The second-order valence-electron chi connectivity index (χ2n) is 3.54. The Morgan fingerprint density at radius 1 is 1.69 bits per heavy atom. The van der Waals surface area contributed by atoms with Gasteiger partial charge in [0.05, 0.1) is 12.7 Å². The zero-order valence-corrected chi connectivity index (χ0v) is 8.72. The number of ether oxygens (including phenoxy) is 1. The summed E-state index contributed by atoms with van der Waals surface area (Å²) >= 11 is 1.82. The van der Waals surface area contributed by atoms with E-state index in [4.69, 9.17) is 4.74 Å². The first-order valence-corrected chi connectivity index (χ1v) is 5.55. The molecule has 72 valence electrons. The standard InChI is InChI=1S/C10H15NOS/c1-11-4-5-12-9(8-11)7-10-3-2-6-13-10/h2-3,6,9H,4-5,7-8H2,1H3. The molecule has 1 aliphatic heterocycles. The van der Waals surface area contributed by atoms with Crippen LogP contribution < -0.4 is 0 Å². The quantitative estimate of drug-likeness (QED) is 0.714. The highest BCUT2D eigenvalue weighted by Gasteiger charge is 2.17. The van der Waals surface area contributed by atoms with Crippen molar-refractivity contribution in [2.75, 3.05) is 26.7 Å². The Hall–Kier alpha value is -0.380. The Kier molecular flexibility index (Phi) is 2.98. The summed E-state index contributed by atoms with van der Waals surface area (Å²) in [6.07, 6.45) is 1.47. The van der Waals surface area contributed by atoms with Crippen LogP contribution in [0.5, 0.6) is 0 Å². The number of morpholine rings is 1. The predicted octanol–water partition coefficient (Wildman–Crippen LogP) is 1.62. The maximum absolute atomic E-state index is 5.69. The van der Waals surface area contributed by atoms with Crippen molar-refractivity contribution in [3.05, 3.63) is 22.4 Å². The molecule has 0 bridgehead atoms. The van der Waals surface area contributed by atoms with E-state index in [1.165, 1.54) is 4.88 Å². The molecule has 1 fully saturated rings. The molecule has 1 aromatic heterocycles. The van der Waals surface area contributed by atoms with Crippen molar-refractivity contribution in [2.45, 2.75) is 12.5 Å². The van der Waals surface area contributed by atoms with Gasteiger partial charge in [-0.3, -0.25) is 0 Å². The smallest absolute Gasteiger partial charge is 0.0750 e. The maximum atomic E-state index is 5.69. The molecule has 2 rings (SSSR count). The molecule has 0 radical (unpaired) electrons. The van der Waals surface area contributed by atoms with E-state index >= 15 is 0 Å². The Morgan fingerprint density at radius 2 is 2.62 bits per heavy atom. The second-order valence-corrected chi connectivity index (χ2v) is 4.57. The first-order valence-electron chi connectivity index (χ1n) is 4.67. The summed E-state index contributed by atoms with van der Waals surface area (Å²) < 4.78 is 5.69. The van der Waals surface area contributed by atoms with Gasteiger partial charge < -0.3 is 9.64 Å². The molecular formula is C10H15NOS. The molecule has 1 aromatic rings. The molecule has 0 aliphatic carbocycles. The Bertz CT molecular complexity index is 247. The van der Waals surface area contributed by atoms with Crippen molar-refractivity contribution in [1.29, 1.82) is 0 Å². The van der Waals surface area contributed by atoms with Crippen LogP contribution in [0.3, 0.4) is 0 Å². The molecule has 3 heteroatoms. The number of hydrogen-bond donors (Lipinski definition) is 0. The maximum Gasteiger partial charge on any atom is 0.0750 e. The molecule has 1 aliphatic rings. The summed E-state index contributed by atoms with van der Waals surface area (Å²) in [6, 6.07) is 4.29. The molecule has 0 aromatic carbocycles. The van der Waals surface area contributed by atoms with E-state index in [9.17, 15) is 0 Å². The van der Waals surface area contributed by atoms with Crippen molar-refractivity contribution < 1.29 is 4.74 Å². The van der Waals surface area contributed by atoms with E-state index in [0.29, 0.717) is 6.10 Å². The SMILES string of the molecule is CN1CCOC(Cc2cccs2)C1. The number of hydrogen-bond acceptors (Lipinski definition) is 3. The first kappa shape index (κ1) is 9.19. The second kappa shape index (κ2) is 4.22. The Labute approximate surface area is 83.1 Å². The molecule has 1 atom stereocenters. The minimum absolute atomic E-state index is 0.400. The van der Waals surface area contributed by atoms with Crippen molar-refractivity contribution in [1.82, 2.24) is 4.90 Å². The zero-order chi connectivity index (χ0) is 9.10. The third-order valence-electron chi connectivity index (χ3n) is 2.35. The highest BCUT2D eigenvalue weighted by Crippen LogP contribution is 2.14. The van der Waals surface area contributed by atoms with E-state index in [2.05, 4.69) is 29.5 Å². The van der Waals surface area contributed by atoms with Gasteiger partial charge >= 0.3 is 0 Å². The number of thiophene rings is 1. The normalized spacial score (nSPS) is 24.8. The van der Waals surface area contributed by atoms with Gasteiger partial charge in [0, 0.05) is 24.4 Å². The van der Waals surface area contributed by atoms with Gasteiger partial charge in [-0.15, -0.1) is 11.3 Å². The van der Waals surface area contributed by atoms with Gasteiger partial charge in [-0.25, -0.2) is 0 Å². The minimum Gasteiger partial charge on any atom is -0.375 e. The summed E-state index contributed by atoms with van der Waals surface area (Å²) in [5, 5.41) is 2.13. The predicted molar refractivity (Wildman–Crippen MR) is 55.3 cm³/mol. The van der Waals surface area contributed by atoms with Crippen LogP contribution in [0.1, 0.15) is 4.88 Å². The van der Waals surface area contributed by atoms with Crippen LogP contribution in [-0.2, 0) is 11.2 Å². The minimum atomic E-state index is 0.400. The molecule has 0 spiro atoms. The van der Waals surface area contributed by atoms with E-state index in [0.717, 1.165) is 26.1 Å². The van der Waals surface area contributed by atoms with Gasteiger partial charge in [-0.05, 0) is 18.5 Å². The van der Waals surface area contributed by atoms with Crippen LogP contribution in [0.4, 0.5) is 0 Å². The fourth-order valence-corrected chi connectivity index (χ4v) is 2.41. The molecule has 0 saturated carbocycles. The van der Waals surface area contributed by atoms with Gasteiger partial charge in [0.25, 0.3) is 0 Å². The lowest BCUT2D eigenvalue weighted by Gasteiger charge is -2.29. The molecule has 1 saturated heterocycles. The van der Waals surface area contributed by atoms with Crippen molar-refractivity contribution >= 4 is 11.3 Å². The molecule has 2 heterocycles. The largest absolute Gasteiger partial charge is 0.375 e. The highest BCUT2D eigenvalue weighted by atomic mass is 32.1. The molecule has 13 heavy (non-hydrogen) atoms. The molecular weight excluding hydrogens is 182 g/mol. The third kappa shape index (κ3) is 2.53. The molecule has 1 unspecified atom stereocenters. The number of rotatable bonds is 2. The van der Waals surface area contributed by atoms with Gasteiger partial charge in [0.2, 0.25) is 0 Å². The Balaban J connectivity index is 1.87. The van der Waals surface area contributed by atoms with Crippen molar-refractivity contribution in [3.63, 3.8) is 0 Å². The lowest BCUT2D eigenvalue weighted by molar-refractivity contribution is -0.0181. The average Bonchev–Trinajstić information content (AvgIpc) is 2.57.